The monoisotopic (exact) mass is 378 g/mol. The van der Waals surface area contributed by atoms with Crippen LogP contribution in [0.1, 0.15) is 24.0 Å². The van der Waals surface area contributed by atoms with Gasteiger partial charge in [0, 0.05) is 36.7 Å². The summed E-state index contributed by atoms with van der Waals surface area (Å²) in [5.41, 5.74) is 4.01. The summed E-state index contributed by atoms with van der Waals surface area (Å²) in [5.74, 6) is 1.62. The number of aromatic nitrogens is 5. The molecular formula is C21H26N6O. The van der Waals surface area contributed by atoms with E-state index in [1.54, 1.807) is 6.20 Å². The first-order chi connectivity index (χ1) is 13.6. The summed E-state index contributed by atoms with van der Waals surface area (Å²) >= 11 is 0. The third-order valence-corrected chi connectivity index (χ3v) is 4.96. The molecule has 1 unspecified atom stereocenters. The van der Waals surface area contributed by atoms with Crippen LogP contribution in [-0.4, -0.2) is 50.5 Å². The van der Waals surface area contributed by atoms with E-state index in [4.69, 9.17) is 9.72 Å². The number of morpholine rings is 1. The Kier molecular flexibility index (Phi) is 5.34. The number of pyridine rings is 1. The number of rotatable bonds is 5. The molecule has 4 heterocycles. The van der Waals surface area contributed by atoms with E-state index in [0.29, 0.717) is 12.4 Å². The van der Waals surface area contributed by atoms with Gasteiger partial charge in [-0.1, -0.05) is 13.0 Å². The van der Waals surface area contributed by atoms with Gasteiger partial charge in [0.15, 0.2) is 5.82 Å². The zero-order valence-electron chi connectivity index (χ0n) is 16.7. The molecule has 4 rings (SSSR count). The molecule has 0 radical (unpaired) electrons. The molecule has 146 valence electrons. The van der Waals surface area contributed by atoms with Gasteiger partial charge in [-0.25, -0.2) is 9.97 Å². The lowest BCUT2D eigenvalue weighted by atomic mass is 10.2. The standard InChI is InChI=1S/C21H26N6O/c1-4-17-12-20(24-21(23-17)19-7-5-6-8-22-19)26-9-10-28-18(13-26)14-27-16(3)11-15(2)25-27/h5-8,11-12,18H,4,9-10,13-14H2,1-3H3. The molecule has 1 aliphatic rings. The van der Waals surface area contributed by atoms with Gasteiger partial charge in [0.1, 0.15) is 11.5 Å². The first kappa shape index (κ1) is 18.6. The largest absolute Gasteiger partial charge is 0.373 e. The SMILES string of the molecule is CCc1cc(N2CCOC(Cn3nc(C)cc3C)C2)nc(-c2ccccn2)n1. The lowest BCUT2D eigenvalue weighted by molar-refractivity contribution is 0.0267. The lowest BCUT2D eigenvalue weighted by Crippen LogP contribution is -2.45. The van der Waals surface area contributed by atoms with E-state index < -0.39 is 0 Å². The average molecular weight is 378 g/mol. The molecule has 28 heavy (non-hydrogen) atoms. The van der Waals surface area contributed by atoms with Crippen molar-refractivity contribution >= 4 is 5.82 Å². The minimum atomic E-state index is 0.0742. The second-order valence-electron chi connectivity index (χ2n) is 7.16. The fourth-order valence-corrected chi connectivity index (χ4v) is 3.53. The number of aryl methyl sites for hydroxylation is 3. The third kappa shape index (κ3) is 4.04. The Balaban J connectivity index is 1.57. The van der Waals surface area contributed by atoms with Gasteiger partial charge >= 0.3 is 0 Å². The Hall–Kier alpha value is -2.80. The van der Waals surface area contributed by atoms with E-state index in [1.165, 1.54) is 0 Å². The van der Waals surface area contributed by atoms with Gasteiger partial charge in [-0.15, -0.1) is 0 Å². The number of hydrogen-bond acceptors (Lipinski definition) is 6. The summed E-state index contributed by atoms with van der Waals surface area (Å²) in [6, 6.07) is 9.99. The topological polar surface area (TPSA) is 69.0 Å². The van der Waals surface area contributed by atoms with Gasteiger partial charge in [0.2, 0.25) is 0 Å². The van der Waals surface area contributed by atoms with Crippen molar-refractivity contribution in [2.45, 2.75) is 39.8 Å². The maximum atomic E-state index is 6.01. The first-order valence-electron chi connectivity index (χ1n) is 9.79. The zero-order chi connectivity index (χ0) is 19.5. The van der Waals surface area contributed by atoms with Crippen molar-refractivity contribution in [3.05, 3.63) is 53.6 Å². The molecule has 0 bridgehead atoms. The molecule has 0 aromatic carbocycles. The summed E-state index contributed by atoms with van der Waals surface area (Å²) in [7, 11) is 0. The van der Waals surface area contributed by atoms with Gasteiger partial charge in [-0.2, -0.15) is 5.10 Å². The highest BCUT2D eigenvalue weighted by atomic mass is 16.5. The van der Waals surface area contributed by atoms with E-state index in [0.717, 1.165) is 54.6 Å². The van der Waals surface area contributed by atoms with Crippen LogP contribution in [0.15, 0.2) is 36.5 Å². The number of ether oxygens (including phenoxy) is 1. The Morgan fingerprint density at radius 1 is 1.18 bits per heavy atom. The molecule has 0 aliphatic carbocycles. The van der Waals surface area contributed by atoms with Crippen LogP contribution in [0.4, 0.5) is 5.82 Å². The smallest absolute Gasteiger partial charge is 0.180 e. The van der Waals surface area contributed by atoms with Gasteiger partial charge in [-0.3, -0.25) is 9.67 Å². The Morgan fingerprint density at radius 2 is 2.07 bits per heavy atom. The van der Waals surface area contributed by atoms with Crippen LogP contribution in [-0.2, 0) is 17.7 Å². The van der Waals surface area contributed by atoms with Gasteiger partial charge in [-0.05, 0) is 38.5 Å². The van der Waals surface area contributed by atoms with Gasteiger partial charge < -0.3 is 9.64 Å². The molecular weight excluding hydrogens is 352 g/mol. The highest BCUT2D eigenvalue weighted by Gasteiger charge is 2.24. The molecule has 0 N–H and O–H groups in total. The highest BCUT2D eigenvalue weighted by molar-refractivity contribution is 5.54. The third-order valence-electron chi connectivity index (χ3n) is 4.96. The number of hydrogen-bond donors (Lipinski definition) is 0. The second kappa shape index (κ2) is 8.06. The average Bonchev–Trinajstić information content (AvgIpc) is 3.05. The van der Waals surface area contributed by atoms with Crippen molar-refractivity contribution in [3.63, 3.8) is 0 Å². The molecule has 0 amide bonds. The summed E-state index contributed by atoms with van der Waals surface area (Å²) in [6.07, 6.45) is 2.70. The van der Waals surface area contributed by atoms with Crippen molar-refractivity contribution in [3.8, 4) is 11.5 Å². The maximum Gasteiger partial charge on any atom is 0.180 e. The van der Waals surface area contributed by atoms with E-state index >= 15 is 0 Å². The molecule has 7 nitrogen and oxygen atoms in total. The van der Waals surface area contributed by atoms with Crippen LogP contribution >= 0.6 is 0 Å². The van der Waals surface area contributed by atoms with Crippen LogP contribution in [0.3, 0.4) is 0 Å². The van der Waals surface area contributed by atoms with E-state index in [2.05, 4.69) is 45.9 Å². The minimum absolute atomic E-state index is 0.0742. The van der Waals surface area contributed by atoms with Crippen LogP contribution < -0.4 is 4.90 Å². The summed E-state index contributed by atoms with van der Waals surface area (Å²) in [4.78, 5) is 16.2. The lowest BCUT2D eigenvalue weighted by Gasteiger charge is -2.34. The molecule has 0 spiro atoms. The van der Waals surface area contributed by atoms with E-state index in [-0.39, 0.29) is 6.10 Å². The molecule has 0 saturated carbocycles. The highest BCUT2D eigenvalue weighted by Crippen LogP contribution is 2.21. The Morgan fingerprint density at radius 3 is 2.79 bits per heavy atom. The molecule has 3 aromatic heterocycles. The second-order valence-corrected chi connectivity index (χ2v) is 7.16. The Bertz CT molecular complexity index is 939. The van der Waals surface area contributed by atoms with Crippen molar-refractivity contribution in [2.24, 2.45) is 0 Å². The van der Waals surface area contributed by atoms with Crippen molar-refractivity contribution in [1.82, 2.24) is 24.7 Å². The van der Waals surface area contributed by atoms with E-state index in [9.17, 15) is 0 Å². The molecule has 3 aromatic rings. The predicted octanol–water partition coefficient (Wildman–Crippen LogP) is 2.82. The molecule has 7 heteroatoms. The quantitative estimate of drug-likeness (QED) is 0.680. The molecule has 1 fully saturated rings. The predicted molar refractivity (Wildman–Crippen MR) is 108 cm³/mol. The van der Waals surface area contributed by atoms with Crippen LogP contribution in [0.2, 0.25) is 0 Å². The van der Waals surface area contributed by atoms with Gasteiger partial charge in [0.05, 0.1) is 24.9 Å². The van der Waals surface area contributed by atoms with Crippen LogP contribution in [0.25, 0.3) is 11.5 Å². The first-order valence-corrected chi connectivity index (χ1v) is 9.79. The summed E-state index contributed by atoms with van der Waals surface area (Å²) < 4.78 is 8.04. The minimum Gasteiger partial charge on any atom is -0.373 e. The van der Waals surface area contributed by atoms with Crippen LogP contribution in [0, 0.1) is 13.8 Å². The normalized spacial score (nSPS) is 17.1. The fourth-order valence-electron chi connectivity index (χ4n) is 3.53. The molecule has 1 saturated heterocycles. The Labute approximate surface area is 165 Å². The van der Waals surface area contributed by atoms with E-state index in [1.807, 2.05) is 29.8 Å². The summed E-state index contributed by atoms with van der Waals surface area (Å²) in [5, 5.41) is 4.57. The van der Waals surface area contributed by atoms with Gasteiger partial charge in [0.25, 0.3) is 0 Å². The zero-order valence-corrected chi connectivity index (χ0v) is 16.7. The molecule has 1 aliphatic heterocycles. The fraction of sp³-hybridized carbons (Fsp3) is 0.429. The number of nitrogens with zero attached hydrogens (tertiary/aromatic N) is 6. The van der Waals surface area contributed by atoms with Crippen molar-refractivity contribution in [2.75, 3.05) is 24.6 Å². The summed E-state index contributed by atoms with van der Waals surface area (Å²) in [6.45, 7) is 9.22. The van der Waals surface area contributed by atoms with Crippen molar-refractivity contribution in [1.29, 1.82) is 0 Å². The maximum absolute atomic E-state index is 6.01. The molecule has 1 atom stereocenters. The van der Waals surface area contributed by atoms with Crippen LogP contribution in [0.5, 0.6) is 0 Å². The van der Waals surface area contributed by atoms with Crippen molar-refractivity contribution < 1.29 is 4.74 Å². The number of anilines is 1.